The third-order valence-corrected chi connectivity index (χ3v) is 3.94. The Hall–Kier alpha value is -1.63. The highest BCUT2D eigenvalue weighted by Crippen LogP contribution is 2.16. The van der Waals surface area contributed by atoms with Crippen LogP contribution in [0.25, 0.3) is 0 Å². The van der Waals surface area contributed by atoms with Gasteiger partial charge in [-0.2, -0.15) is 5.06 Å². The molecule has 6 nitrogen and oxygen atoms in total. The van der Waals surface area contributed by atoms with Gasteiger partial charge in [0.15, 0.2) is 0 Å². The molecule has 2 rings (SSSR count). The Balaban J connectivity index is 1.94. The van der Waals surface area contributed by atoms with Gasteiger partial charge in [-0.15, -0.1) is 0 Å². The van der Waals surface area contributed by atoms with Gasteiger partial charge in [0.05, 0.1) is 18.4 Å². The van der Waals surface area contributed by atoms with E-state index in [0.717, 1.165) is 18.8 Å². The van der Waals surface area contributed by atoms with Gasteiger partial charge in [-0.05, 0) is 45.0 Å². The molecule has 24 heavy (non-hydrogen) atoms. The van der Waals surface area contributed by atoms with Crippen LogP contribution in [0.2, 0.25) is 0 Å². The highest BCUT2D eigenvalue weighted by atomic mass is 16.7. The van der Waals surface area contributed by atoms with Gasteiger partial charge in [0, 0.05) is 13.6 Å². The number of aliphatic hydroxyl groups is 1. The standard InChI is InChI=1S/C18H29N3O3/c1-3-23-18(19-2)21(16-10-6-4-7-11-16)24-15-17(22)14-20-12-8-5-9-13-20/h4,6-7,10-11,17,22H,3,5,8-9,12-15H2,1-2H3. The van der Waals surface area contributed by atoms with Crippen molar-refractivity contribution < 1.29 is 14.7 Å². The predicted octanol–water partition coefficient (Wildman–Crippen LogP) is 2.29. The topological polar surface area (TPSA) is 57.5 Å². The number of aliphatic imine (C=N–C) groups is 1. The molecule has 1 aliphatic rings. The van der Waals surface area contributed by atoms with Crippen molar-refractivity contribution in [1.82, 2.24) is 4.90 Å². The Morgan fingerprint density at radius 3 is 2.58 bits per heavy atom. The third-order valence-electron chi connectivity index (χ3n) is 3.94. The van der Waals surface area contributed by atoms with E-state index in [4.69, 9.17) is 9.57 Å². The molecule has 1 N–H and O–H groups in total. The largest absolute Gasteiger partial charge is 0.464 e. The molecule has 6 heteroatoms. The molecule has 1 aromatic carbocycles. The Morgan fingerprint density at radius 1 is 1.25 bits per heavy atom. The number of hydroxylamine groups is 1. The van der Waals surface area contributed by atoms with Gasteiger partial charge in [0.25, 0.3) is 0 Å². The molecule has 0 aromatic heterocycles. The van der Waals surface area contributed by atoms with Crippen molar-refractivity contribution in [1.29, 1.82) is 0 Å². The molecule has 1 aromatic rings. The summed E-state index contributed by atoms with van der Waals surface area (Å²) in [5.74, 6) is 0. The van der Waals surface area contributed by atoms with E-state index in [1.807, 2.05) is 37.3 Å². The Morgan fingerprint density at radius 2 is 1.96 bits per heavy atom. The zero-order valence-electron chi connectivity index (χ0n) is 14.7. The van der Waals surface area contributed by atoms with Crippen LogP contribution in [0, 0.1) is 0 Å². The summed E-state index contributed by atoms with van der Waals surface area (Å²) < 4.78 is 5.55. The summed E-state index contributed by atoms with van der Waals surface area (Å²) in [4.78, 5) is 12.3. The minimum Gasteiger partial charge on any atom is -0.464 e. The second kappa shape index (κ2) is 10.3. The molecule has 0 spiro atoms. The summed E-state index contributed by atoms with van der Waals surface area (Å²) in [6.07, 6.45) is 3.16. The number of para-hydroxylation sites is 1. The monoisotopic (exact) mass is 335 g/mol. The fourth-order valence-electron chi connectivity index (χ4n) is 2.80. The molecule has 1 unspecified atom stereocenters. The van der Waals surface area contributed by atoms with Gasteiger partial charge in [0.1, 0.15) is 6.61 Å². The lowest BCUT2D eigenvalue weighted by atomic mass is 10.1. The summed E-state index contributed by atoms with van der Waals surface area (Å²) in [6, 6.07) is 10.0. The van der Waals surface area contributed by atoms with Crippen LogP contribution in [0.4, 0.5) is 5.69 Å². The first-order valence-electron chi connectivity index (χ1n) is 8.72. The maximum Gasteiger partial charge on any atom is 0.316 e. The highest BCUT2D eigenvalue weighted by Gasteiger charge is 2.19. The molecule has 134 valence electrons. The number of aliphatic hydroxyl groups excluding tert-OH is 1. The van der Waals surface area contributed by atoms with E-state index in [9.17, 15) is 5.11 Å². The first-order valence-corrected chi connectivity index (χ1v) is 8.72. The van der Waals surface area contributed by atoms with Gasteiger partial charge >= 0.3 is 6.02 Å². The lowest BCUT2D eigenvalue weighted by Crippen LogP contribution is -2.41. The van der Waals surface area contributed by atoms with Crippen molar-refractivity contribution in [2.45, 2.75) is 32.3 Å². The van der Waals surface area contributed by atoms with Crippen molar-refractivity contribution in [3.05, 3.63) is 30.3 Å². The molecule has 0 radical (unpaired) electrons. The second-order valence-electron chi connectivity index (χ2n) is 5.88. The van der Waals surface area contributed by atoms with Crippen LogP contribution in [0.3, 0.4) is 0 Å². The summed E-state index contributed by atoms with van der Waals surface area (Å²) in [6.45, 7) is 5.34. The molecule has 1 fully saturated rings. The number of piperidine rings is 1. The summed E-state index contributed by atoms with van der Waals surface area (Å²) >= 11 is 0. The number of anilines is 1. The van der Waals surface area contributed by atoms with E-state index in [2.05, 4.69) is 9.89 Å². The quantitative estimate of drug-likeness (QED) is 0.471. The summed E-state index contributed by atoms with van der Waals surface area (Å²) in [5.41, 5.74) is 0.816. The van der Waals surface area contributed by atoms with Gasteiger partial charge in [0.2, 0.25) is 0 Å². The van der Waals surface area contributed by atoms with Crippen molar-refractivity contribution in [3.8, 4) is 0 Å². The molecule has 0 amide bonds. The average molecular weight is 335 g/mol. The molecule has 0 bridgehead atoms. The molecule has 1 aliphatic heterocycles. The lowest BCUT2D eigenvalue weighted by molar-refractivity contribution is 0.0114. The van der Waals surface area contributed by atoms with Crippen LogP contribution in [-0.4, -0.2) is 62.0 Å². The first-order chi connectivity index (χ1) is 11.7. The molecule has 0 saturated carbocycles. The molecule has 0 aliphatic carbocycles. The minimum atomic E-state index is -0.547. The van der Waals surface area contributed by atoms with Gasteiger partial charge in [-0.1, -0.05) is 24.6 Å². The van der Waals surface area contributed by atoms with Crippen molar-refractivity contribution in [3.63, 3.8) is 0 Å². The van der Waals surface area contributed by atoms with Gasteiger partial charge in [-0.3, -0.25) is 4.84 Å². The van der Waals surface area contributed by atoms with Crippen LogP contribution >= 0.6 is 0 Å². The summed E-state index contributed by atoms with van der Waals surface area (Å²) in [5, 5.41) is 11.9. The maximum atomic E-state index is 10.3. The smallest absolute Gasteiger partial charge is 0.316 e. The highest BCUT2D eigenvalue weighted by molar-refractivity contribution is 5.89. The normalized spacial score (nSPS) is 17.5. The number of β-amino-alcohol motifs (C(OH)–C–C–N with tert-alkyl or cyclic N) is 1. The maximum absolute atomic E-state index is 10.3. The Kier molecular flexibility index (Phi) is 8.01. The summed E-state index contributed by atoms with van der Waals surface area (Å²) in [7, 11) is 1.66. The number of hydrogen-bond donors (Lipinski definition) is 1. The molecular formula is C18H29N3O3. The first kappa shape index (κ1) is 18.7. The average Bonchev–Trinajstić information content (AvgIpc) is 2.62. The predicted molar refractivity (Wildman–Crippen MR) is 96.2 cm³/mol. The van der Waals surface area contributed by atoms with Crippen LogP contribution < -0.4 is 5.06 Å². The number of rotatable bonds is 7. The molecular weight excluding hydrogens is 306 g/mol. The van der Waals surface area contributed by atoms with E-state index >= 15 is 0 Å². The third kappa shape index (κ3) is 5.78. The number of likely N-dealkylation sites (tertiary alicyclic amines) is 1. The number of amidine groups is 1. The number of ether oxygens (including phenoxy) is 1. The van der Waals surface area contributed by atoms with Gasteiger partial charge < -0.3 is 14.7 Å². The van der Waals surface area contributed by atoms with Crippen LogP contribution in [0.5, 0.6) is 0 Å². The Bertz CT molecular complexity index is 490. The molecule has 1 atom stereocenters. The fourth-order valence-corrected chi connectivity index (χ4v) is 2.80. The van der Waals surface area contributed by atoms with E-state index in [1.54, 1.807) is 12.1 Å². The van der Waals surface area contributed by atoms with Crippen molar-refractivity contribution in [2.75, 3.05) is 45.0 Å². The van der Waals surface area contributed by atoms with Crippen LogP contribution in [-0.2, 0) is 9.57 Å². The molecule has 1 saturated heterocycles. The second-order valence-corrected chi connectivity index (χ2v) is 5.88. The van der Waals surface area contributed by atoms with Crippen molar-refractivity contribution in [2.24, 2.45) is 4.99 Å². The minimum absolute atomic E-state index is 0.192. The number of hydrogen-bond acceptors (Lipinski definition) is 5. The van der Waals surface area contributed by atoms with E-state index in [0.29, 0.717) is 19.2 Å². The van der Waals surface area contributed by atoms with Gasteiger partial charge in [-0.25, -0.2) is 4.99 Å². The van der Waals surface area contributed by atoms with Crippen molar-refractivity contribution >= 4 is 11.7 Å². The van der Waals surface area contributed by atoms with E-state index in [-0.39, 0.29) is 6.61 Å². The van der Waals surface area contributed by atoms with Crippen LogP contribution in [0.15, 0.2) is 35.3 Å². The zero-order valence-corrected chi connectivity index (χ0v) is 14.7. The van der Waals surface area contributed by atoms with E-state index in [1.165, 1.54) is 19.3 Å². The zero-order chi connectivity index (χ0) is 17.2. The number of nitrogens with zero attached hydrogens (tertiary/aromatic N) is 3. The molecule has 1 heterocycles. The Labute approximate surface area is 144 Å². The van der Waals surface area contributed by atoms with Crippen LogP contribution in [0.1, 0.15) is 26.2 Å². The fraction of sp³-hybridized carbons (Fsp3) is 0.611. The van der Waals surface area contributed by atoms with E-state index < -0.39 is 6.10 Å². The lowest BCUT2D eigenvalue weighted by Gasteiger charge is -2.30. The SMILES string of the molecule is CCOC(=NC)N(OCC(O)CN1CCCCC1)c1ccccc1. The number of benzene rings is 1.